The molecule has 6 unspecified atom stereocenters. The van der Waals surface area contributed by atoms with Gasteiger partial charge in [-0.15, -0.1) is 0 Å². The van der Waals surface area contributed by atoms with Gasteiger partial charge in [-0.2, -0.15) is 0 Å². The molecule has 0 bridgehead atoms. The maximum Gasteiger partial charge on any atom is 0.139 e. The molecular weight excluding hydrogens is 244 g/mol. The lowest BCUT2D eigenvalue weighted by Crippen LogP contribution is -2.52. The van der Waals surface area contributed by atoms with E-state index in [4.69, 9.17) is 0 Å². The van der Waals surface area contributed by atoms with Crippen molar-refractivity contribution in [2.45, 2.75) is 65.2 Å². The molecule has 0 aliphatic heterocycles. The van der Waals surface area contributed by atoms with Crippen molar-refractivity contribution in [3.63, 3.8) is 0 Å². The Hall–Kier alpha value is -0.590. The molecule has 0 aromatic heterocycles. The van der Waals surface area contributed by atoms with E-state index in [1.54, 1.807) is 0 Å². The molecule has 6 atom stereocenters. The highest BCUT2D eigenvalue weighted by Crippen LogP contribution is 2.64. The Kier molecular flexibility index (Phi) is 2.76. The summed E-state index contributed by atoms with van der Waals surface area (Å²) < 4.78 is 0. The van der Waals surface area contributed by atoms with Gasteiger partial charge < -0.3 is 0 Å². The first kappa shape index (κ1) is 13.1. The summed E-state index contributed by atoms with van der Waals surface area (Å²) in [6, 6.07) is 0. The summed E-state index contributed by atoms with van der Waals surface area (Å²) in [4.78, 5) is 12.4. The van der Waals surface area contributed by atoms with Gasteiger partial charge in [0, 0.05) is 11.8 Å². The van der Waals surface area contributed by atoms with Gasteiger partial charge in [-0.3, -0.25) is 4.79 Å². The molecule has 0 spiro atoms. The summed E-state index contributed by atoms with van der Waals surface area (Å²) in [6.45, 7) is 4.86. The van der Waals surface area contributed by atoms with Crippen LogP contribution in [0.15, 0.2) is 12.2 Å². The SMILES string of the molecule is CC12CCC3C(CCC4CC=CCC43C)C1CCC2=O. The van der Waals surface area contributed by atoms with Crippen molar-refractivity contribution in [3.05, 3.63) is 12.2 Å². The lowest BCUT2D eigenvalue weighted by Gasteiger charge is -2.58. The lowest BCUT2D eigenvalue weighted by molar-refractivity contribution is -0.136. The zero-order valence-electron chi connectivity index (χ0n) is 13.0. The Morgan fingerprint density at radius 3 is 2.75 bits per heavy atom. The summed E-state index contributed by atoms with van der Waals surface area (Å²) in [5.74, 6) is 3.92. The smallest absolute Gasteiger partial charge is 0.139 e. The minimum absolute atomic E-state index is 0.0505. The molecule has 0 N–H and O–H groups in total. The molecule has 1 nitrogen and oxygen atoms in total. The quantitative estimate of drug-likeness (QED) is 0.581. The number of hydrogen-bond donors (Lipinski definition) is 0. The number of Topliss-reactive ketones (excluding diaryl/α,β-unsaturated/α-hetero) is 1. The Morgan fingerprint density at radius 1 is 1.05 bits per heavy atom. The molecule has 0 radical (unpaired) electrons. The van der Waals surface area contributed by atoms with Crippen LogP contribution in [-0.4, -0.2) is 5.78 Å². The van der Waals surface area contributed by atoms with E-state index >= 15 is 0 Å². The molecular formula is C19H28O. The van der Waals surface area contributed by atoms with E-state index < -0.39 is 0 Å². The molecule has 0 amide bonds. The second-order valence-electron chi connectivity index (χ2n) is 8.49. The molecule has 3 saturated carbocycles. The van der Waals surface area contributed by atoms with Crippen molar-refractivity contribution < 1.29 is 4.79 Å². The van der Waals surface area contributed by atoms with Gasteiger partial charge in [0.25, 0.3) is 0 Å². The molecule has 20 heavy (non-hydrogen) atoms. The minimum atomic E-state index is 0.0505. The summed E-state index contributed by atoms with van der Waals surface area (Å²) in [5, 5.41) is 0. The first-order valence-electron chi connectivity index (χ1n) is 8.74. The first-order valence-corrected chi connectivity index (χ1v) is 8.74. The van der Waals surface area contributed by atoms with Gasteiger partial charge in [0.05, 0.1) is 0 Å². The third-order valence-electron chi connectivity index (χ3n) is 7.92. The fourth-order valence-corrected chi connectivity index (χ4v) is 6.61. The Bertz CT molecular complexity index is 464. The van der Waals surface area contributed by atoms with E-state index in [0.29, 0.717) is 17.1 Å². The maximum absolute atomic E-state index is 12.4. The molecule has 4 rings (SSSR count). The largest absolute Gasteiger partial charge is 0.299 e. The van der Waals surface area contributed by atoms with Gasteiger partial charge in [-0.25, -0.2) is 0 Å². The Balaban J connectivity index is 1.68. The van der Waals surface area contributed by atoms with Crippen LogP contribution in [0.25, 0.3) is 0 Å². The van der Waals surface area contributed by atoms with Gasteiger partial charge in [-0.05, 0) is 74.0 Å². The van der Waals surface area contributed by atoms with Crippen molar-refractivity contribution in [2.24, 2.45) is 34.5 Å². The zero-order chi connectivity index (χ0) is 14.0. The Morgan fingerprint density at radius 2 is 1.90 bits per heavy atom. The summed E-state index contributed by atoms with van der Waals surface area (Å²) >= 11 is 0. The van der Waals surface area contributed by atoms with Gasteiger partial charge >= 0.3 is 0 Å². The van der Waals surface area contributed by atoms with Crippen LogP contribution in [0.4, 0.5) is 0 Å². The summed E-state index contributed by atoms with van der Waals surface area (Å²) in [7, 11) is 0. The molecule has 0 aromatic rings. The third kappa shape index (κ3) is 1.53. The standard InChI is InChI=1S/C19H28O/c1-18-11-4-3-5-13(18)6-7-14-15-8-9-17(20)19(15,2)12-10-16(14)18/h3-4,13-16H,5-12H2,1-2H3. The van der Waals surface area contributed by atoms with Crippen LogP contribution in [0.1, 0.15) is 65.2 Å². The van der Waals surface area contributed by atoms with Gasteiger partial charge in [0.2, 0.25) is 0 Å². The normalized spacial score (nSPS) is 54.2. The predicted molar refractivity (Wildman–Crippen MR) is 81.3 cm³/mol. The van der Waals surface area contributed by atoms with Crippen LogP contribution >= 0.6 is 0 Å². The van der Waals surface area contributed by atoms with Gasteiger partial charge in [-0.1, -0.05) is 26.0 Å². The van der Waals surface area contributed by atoms with E-state index in [9.17, 15) is 4.79 Å². The van der Waals surface area contributed by atoms with E-state index in [-0.39, 0.29) is 5.41 Å². The molecule has 0 saturated heterocycles. The topological polar surface area (TPSA) is 17.1 Å². The number of allylic oxidation sites excluding steroid dienone is 2. The molecule has 3 fully saturated rings. The monoisotopic (exact) mass is 272 g/mol. The van der Waals surface area contributed by atoms with Gasteiger partial charge in [0.1, 0.15) is 5.78 Å². The number of ketones is 1. The minimum Gasteiger partial charge on any atom is -0.299 e. The zero-order valence-corrected chi connectivity index (χ0v) is 13.0. The van der Waals surface area contributed by atoms with Gasteiger partial charge in [0.15, 0.2) is 0 Å². The van der Waals surface area contributed by atoms with E-state index in [2.05, 4.69) is 26.0 Å². The summed E-state index contributed by atoms with van der Waals surface area (Å²) in [5.41, 5.74) is 0.583. The van der Waals surface area contributed by atoms with Crippen LogP contribution < -0.4 is 0 Å². The van der Waals surface area contributed by atoms with Crippen LogP contribution in [0, 0.1) is 34.5 Å². The van der Waals surface area contributed by atoms with Crippen molar-refractivity contribution in [1.82, 2.24) is 0 Å². The highest BCUT2D eigenvalue weighted by molar-refractivity contribution is 5.87. The lowest BCUT2D eigenvalue weighted by atomic mass is 9.46. The van der Waals surface area contributed by atoms with Crippen LogP contribution in [-0.2, 0) is 4.79 Å². The van der Waals surface area contributed by atoms with Crippen molar-refractivity contribution in [2.75, 3.05) is 0 Å². The third-order valence-corrected chi connectivity index (χ3v) is 7.92. The molecule has 110 valence electrons. The average Bonchev–Trinajstić information content (AvgIpc) is 2.74. The number of rotatable bonds is 0. The van der Waals surface area contributed by atoms with Crippen LogP contribution in [0.5, 0.6) is 0 Å². The molecule has 0 aromatic carbocycles. The average molecular weight is 272 g/mol. The van der Waals surface area contributed by atoms with Crippen molar-refractivity contribution in [1.29, 1.82) is 0 Å². The fourth-order valence-electron chi connectivity index (χ4n) is 6.61. The highest BCUT2D eigenvalue weighted by Gasteiger charge is 2.59. The predicted octanol–water partition coefficient (Wildman–Crippen LogP) is 4.76. The number of fused-ring (bicyclic) bond motifs is 5. The Labute approximate surface area is 123 Å². The maximum atomic E-state index is 12.4. The van der Waals surface area contributed by atoms with E-state index in [0.717, 1.165) is 24.2 Å². The van der Waals surface area contributed by atoms with E-state index in [1.807, 2.05) is 0 Å². The van der Waals surface area contributed by atoms with Crippen LogP contribution in [0.3, 0.4) is 0 Å². The molecule has 4 aliphatic carbocycles. The number of hydrogen-bond acceptors (Lipinski definition) is 1. The second kappa shape index (κ2) is 4.21. The van der Waals surface area contributed by atoms with Crippen molar-refractivity contribution >= 4 is 5.78 Å². The highest BCUT2D eigenvalue weighted by atomic mass is 16.1. The first-order chi connectivity index (χ1) is 9.56. The summed E-state index contributed by atoms with van der Waals surface area (Å²) in [6.07, 6.45) is 14.8. The second-order valence-corrected chi connectivity index (χ2v) is 8.49. The molecule has 1 heteroatoms. The molecule has 4 aliphatic rings. The molecule has 0 heterocycles. The van der Waals surface area contributed by atoms with E-state index in [1.165, 1.54) is 44.9 Å². The number of carbonyl (C=O) groups is 1. The van der Waals surface area contributed by atoms with Crippen LogP contribution in [0.2, 0.25) is 0 Å². The fraction of sp³-hybridized carbons (Fsp3) is 0.842. The van der Waals surface area contributed by atoms with Crippen molar-refractivity contribution in [3.8, 4) is 0 Å². The number of carbonyl (C=O) groups excluding carboxylic acids is 1.